The molecule has 1 aromatic rings. The summed E-state index contributed by atoms with van der Waals surface area (Å²) in [5, 5.41) is 5.15. The zero-order chi connectivity index (χ0) is 16.1. The summed E-state index contributed by atoms with van der Waals surface area (Å²) in [5.74, 6) is -0.931. The van der Waals surface area contributed by atoms with Crippen LogP contribution in [0, 0.1) is 11.7 Å². The minimum atomic E-state index is -0.759. The van der Waals surface area contributed by atoms with Gasteiger partial charge in [-0.25, -0.2) is 9.18 Å². The van der Waals surface area contributed by atoms with Crippen molar-refractivity contribution < 1.29 is 18.7 Å². The van der Waals surface area contributed by atoms with Crippen molar-refractivity contribution in [2.75, 3.05) is 18.6 Å². The number of hydrogen-bond donors (Lipinski definition) is 2. The van der Waals surface area contributed by atoms with E-state index in [1.807, 2.05) is 6.26 Å². The average molecular weight is 324 g/mol. The number of urea groups is 1. The fourth-order valence-electron chi connectivity index (χ4n) is 2.23. The molecule has 1 fully saturated rings. The van der Waals surface area contributed by atoms with Crippen LogP contribution in [0.1, 0.15) is 11.6 Å². The van der Waals surface area contributed by atoms with Gasteiger partial charge in [-0.15, -0.1) is 0 Å². The van der Waals surface area contributed by atoms with Crippen LogP contribution in [0.3, 0.4) is 0 Å². The zero-order valence-electron chi connectivity index (χ0n) is 12.1. The van der Waals surface area contributed by atoms with Gasteiger partial charge in [0.05, 0.1) is 6.04 Å². The SMILES string of the molecule is C=C1NC(=O)N[C@@H](c2ccc(F)cc2)[C@@H]1C(=O)OCCSC. The minimum absolute atomic E-state index is 0.271. The van der Waals surface area contributed by atoms with Crippen molar-refractivity contribution in [1.82, 2.24) is 10.6 Å². The van der Waals surface area contributed by atoms with Crippen molar-refractivity contribution in [2.24, 2.45) is 5.92 Å². The molecule has 1 saturated heterocycles. The molecule has 1 aliphatic rings. The highest BCUT2D eigenvalue weighted by Gasteiger charge is 2.38. The molecule has 0 saturated carbocycles. The fraction of sp³-hybridized carbons (Fsp3) is 0.333. The maximum atomic E-state index is 13.1. The Morgan fingerprint density at radius 1 is 1.41 bits per heavy atom. The molecule has 1 aromatic carbocycles. The smallest absolute Gasteiger partial charge is 0.319 e. The van der Waals surface area contributed by atoms with Gasteiger partial charge in [0.25, 0.3) is 0 Å². The van der Waals surface area contributed by atoms with Crippen LogP contribution in [-0.2, 0) is 9.53 Å². The summed E-state index contributed by atoms with van der Waals surface area (Å²) < 4.78 is 18.3. The van der Waals surface area contributed by atoms with E-state index in [0.717, 1.165) is 0 Å². The van der Waals surface area contributed by atoms with E-state index in [9.17, 15) is 14.0 Å². The van der Waals surface area contributed by atoms with Crippen LogP contribution in [0.25, 0.3) is 0 Å². The van der Waals surface area contributed by atoms with Crippen molar-refractivity contribution in [1.29, 1.82) is 0 Å². The quantitative estimate of drug-likeness (QED) is 0.644. The van der Waals surface area contributed by atoms with Gasteiger partial charge in [-0.3, -0.25) is 4.79 Å². The van der Waals surface area contributed by atoms with Crippen LogP contribution < -0.4 is 10.6 Å². The number of rotatable bonds is 5. The van der Waals surface area contributed by atoms with E-state index in [2.05, 4.69) is 17.2 Å². The van der Waals surface area contributed by atoms with Crippen molar-refractivity contribution in [2.45, 2.75) is 6.04 Å². The van der Waals surface area contributed by atoms with Crippen LogP contribution in [0.2, 0.25) is 0 Å². The van der Waals surface area contributed by atoms with E-state index in [4.69, 9.17) is 4.74 Å². The van der Waals surface area contributed by atoms with E-state index in [1.54, 1.807) is 11.8 Å². The van der Waals surface area contributed by atoms with Gasteiger partial charge in [0, 0.05) is 11.4 Å². The van der Waals surface area contributed by atoms with Crippen molar-refractivity contribution in [3.63, 3.8) is 0 Å². The second-order valence-electron chi connectivity index (χ2n) is 4.79. The number of esters is 1. The molecule has 2 rings (SSSR count). The molecular formula is C15H17FN2O3S. The number of nitrogens with one attached hydrogen (secondary N) is 2. The van der Waals surface area contributed by atoms with Gasteiger partial charge in [-0.2, -0.15) is 11.8 Å². The molecule has 0 aliphatic carbocycles. The first-order valence-electron chi connectivity index (χ1n) is 6.70. The topological polar surface area (TPSA) is 67.4 Å². The Morgan fingerprint density at radius 2 is 2.09 bits per heavy atom. The molecule has 0 unspecified atom stereocenters. The van der Waals surface area contributed by atoms with Crippen LogP contribution in [0.5, 0.6) is 0 Å². The van der Waals surface area contributed by atoms with E-state index in [-0.39, 0.29) is 18.1 Å². The van der Waals surface area contributed by atoms with Crippen LogP contribution in [-0.4, -0.2) is 30.6 Å². The van der Waals surface area contributed by atoms with Gasteiger partial charge in [0.1, 0.15) is 18.3 Å². The molecule has 2 atom stereocenters. The largest absolute Gasteiger partial charge is 0.464 e. The van der Waals surface area contributed by atoms with Crippen LogP contribution in [0.15, 0.2) is 36.5 Å². The highest BCUT2D eigenvalue weighted by molar-refractivity contribution is 7.98. The Morgan fingerprint density at radius 3 is 2.73 bits per heavy atom. The Hall–Kier alpha value is -2.02. The lowest BCUT2D eigenvalue weighted by molar-refractivity contribution is -0.147. The number of thioether (sulfide) groups is 1. The van der Waals surface area contributed by atoms with Gasteiger partial charge in [-0.1, -0.05) is 18.7 Å². The highest BCUT2D eigenvalue weighted by Crippen LogP contribution is 2.30. The Kier molecular flexibility index (Phi) is 5.43. The predicted octanol–water partition coefficient (Wildman–Crippen LogP) is 2.22. The van der Waals surface area contributed by atoms with E-state index in [1.165, 1.54) is 24.3 Å². The molecule has 0 aromatic heterocycles. The molecule has 0 spiro atoms. The van der Waals surface area contributed by atoms with Gasteiger partial charge in [0.15, 0.2) is 0 Å². The molecule has 2 amide bonds. The van der Waals surface area contributed by atoms with Crippen molar-refractivity contribution in [3.05, 3.63) is 47.9 Å². The monoisotopic (exact) mass is 324 g/mol. The van der Waals surface area contributed by atoms with E-state index in [0.29, 0.717) is 11.3 Å². The second kappa shape index (κ2) is 7.31. The summed E-state index contributed by atoms with van der Waals surface area (Å²) >= 11 is 1.56. The lowest BCUT2D eigenvalue weighted by Crippen LogP contribution is -2.51. The van der Waals surface area contributed by atoms with Crippen molar-refractivity contribution >= 4 is 23.8 Å². The highest BCUT2D eigenvalue weighted by atomic mass is 32.2. The Bertz CT molecular complexity index is 577. The van der Waals surface area contributed by atoms with Crippen LogP contribution in [0.4, 0.5) is 9.18 Å². The number of carbonyl (C=O) groups excluding carboxylic acids is 2. The fourth-order valence-corrected chi connectivity index (χ4v) is 2.48. The molecule has 7 heteroatoms. The Labute approximate surface area is 132 Å². The molecule has 2 N–H and O–H groups in total. The number of amides is 2. The first-order valence-corrected chi connectivity index (χ1v) is 8.09. The minimum Gasteiger partial charge on any atom is -0.464 e. The molecule has 0 bridgehead atoms. The number of benzene rings is 1. The van der Waals surface area contributed by atoms with E-state index < -0.39 is 24.0 Å². The lowest BCUT2D eigenvalue weighted by atomic mass is 9.89. The molecule has 1 aliphatic heterocycles. The summed E-state index contributed by atoms with van der Waals surface area (Å²) in [7, 11) is 0. The van der Waals surface area contributed by atoms with Crippen LogP contribution >= 0.6 is 11.8 Å². The van der Waals surface area contributed by atoms with Crippen molar-refractivity contribution in [3.8, 4) is 0 Å². The molecule has 5 nitrogen and oxygen atoms in total. The summed E-state index contributed by atoms with van der Waals surface area (Å²) in [5.41, 5.74) is 0.886. The third-order valence-electron chi connectivity index (χ3n) is 3.28. The van der Waals surface area contributed by atoms with E-state index >= 15 is 0 Å². The first-order chi connectivity index (χ1) is 10.5. The third kappa shape index (κ3) is 3.79. The molecule has 118 valence electrons. The van der Waals surface area contributed by atoms with Gasteiger partial charge in [-0.05, 0) is 24.0 Å². The molecule has 22 heavy (non-hydrogen) atoms. The van der Waals surface area contributed by atoms with Gasteiger partial charge >= 0.3 is 12.0 Å². The predicted molar refractivity (Wildman–Crippen MR) is 82.8 cm³/mol. The summed E-state index contributed by atoms with van der Waals surface area (Å²) in [4.78, 5) is 23.9. The third-order valence-corrected chi connectivity index (χ3v) is 3.86. The summed E-state index contributed by atoms with van der Waals surface area (Å²) in [6, 6.07) is 4.53. The normalized spacial score (nSPS) is 21.0. The Balaban J connectivity index is 2.21. The molecule has 0 radical (unpaired) electrons. The molecular weight excluding hydrogens is 307 g/mol. The average Bonchev–Trinajstić information content (AvgIpc) is 2.47. The standard InChI is InChI=1S/C15H17FN2O3S/c1-9-12(14(19)21-7-8-22-2)13(18-15(20)17-9)10-3-5-11(16)6-4-10/h3-6,12-13H,1,7-8H2,2H3,(H2,17,18,20)/t12-,13+/m1/s1. The molecule has 1 heterocycles. The summed E-state index contributed by atoms with van der Waals surface area (Å²) in [6.45, 7) is 4.02. The second-order valence-corrected chi connectivity index (χ2v) is 5.78. The van der Waals surface area contributed by atoms with Gasteiger partial charge < -0.3 is 15.4 Å². The zero-order valence-corrected chi connectivity index (χ0v) is 12.9. The number of halogens is 1. The number of carbonyl (C=O) groups is 2. The first kappa shape index (κ1) is 16.4. The maximum absolute atomic E-state index is 13.1. The maximum Gasteiger partial charge on any atom is 0.319 e. The summed E-state index contributed by atoms with van der Waals surface area (Å²) in [6.07, 6.45) is 1.91. The lowest BCUT2D eigenvalue weighted by Gasteiger charge is -2.33. The number of ether oxygens (including phenoxy) is 1. The number of hydrogen-bond acceptors (Lipinski definition) is 4. The van der Waals surface area contributed by atoms with Gasteiger partial charge in [0.2, 0.25) is 0 Å².